The van der Waals surface area contributed by atoms with Crippen molar-refractivity contribution in [3.05, 3.63) is 23.8 Å². The minimum Gasteiger partial charge on any atom is -0.493 e. The van der Waals surface area contributed by atoms with Crippen molar-refractivity contribution in [2.24, 2.45) is 10.9 Å². The number of nitrogens with zero attached hydrogens (tertiary/aromatic N) is 2. The van der Waals surface area contributed by atoms with E-state index in [2.05, 4.69) is 32.2 Å². The molecule has 1 aliphatic rings. The quantitative estimate of drug-likeness (QED) is 0.205. The van der Waals surface area contributed by atoms with Crippen molar-refractivity contribution in [1.82, 2.24) is 15.5 Å². The lowest BCUT2D eigenvalue weighted by Crippen LogP contribution is -2.40. The van der Waals surface area contributed by atoms with E-state index in [4.69, 9.17) is 4.74 Å². The summed E-state index contributed by atoms with van der Waals surface area (Å²) in [7, 11) is 3.17. The third-order valence-electron chi connectivity index (χ3n) is 5.19. The molecule has 0 unspecified atom stereocenters. The average molecular weight is 540 g/mol. The van der Waals surface area contributed by atoms with Crippen molar-refractivity contribution >= 4 is 29.9 Å². The molecule has 30 heavy (non-hydrogen) atoms. The largest absolute Gasteiger partial charge is 0.493 e. The highest BCUT2D eigenvalue weighted by atomic mass is 127. The van der Waals surface area contributed by atoms with E-state index < -0.39 is 6.61 Å². The molecule has 1 saturated heterocycles. The van der Waals surface area contributed by atoms with E-state index >= 15 is 0 Å². The lowest BCUT2D eigenvalue weighted by molar-refractivity contribution is -0.0512. The number of rotatable bonds is 10. The van der Waals surface area contributed by atoms with Gasteiger partial charge in [-0.25, -0.2) is 0 Å². The highest BCUT2D eigenvalue weighted by Crippen LogP contribution is 2.29. The Kier molecular flexibility index (Phi) is 13.0. The monoisotopic (exact) mass is 540 g/mol. The Morgan fingerprint density at radius 1 is 1.20 bits per heavy atom. The van der Waals surface area contributed by atoms with Crippen LogP contribution in [0.25, 0.3) is 0 Å². The molecule has 9 heteroatoms. The third-order valence-corrected chi connectivity index (χ3v) is 5.19. The van der Waals surface area contributed by atoms with Crippen molar-refractivity contribution < 1.29 is 18.3 Å². The Hall–Kier alpha value is -1.36. The Balaban J connectivity index is 0.00000450. The smallest absolute Gasteiger partial charge is 0.387 e. The molecule has 1 fully saturated rings. The van der Waals surface area contributed by atoms with Crippen LogP contribution in [0.2, 0.25) is 0 Å². The highest BCUT2D eigenvalue weighted by Gasteiger charge is 2.15. The molecule has 172 valence electrons. The molecule has 0 radical (unpaired) electrons. The van der Waals surface area contributed by atoms with Crippen LogP contribution < -0.4 is 20.1 Å². The van der Waals surface area contributed by atoms with Crippen molar-refractivity contribution in [2.75, 3.05) is 46.9 Å². The fourth-order valence-corrected chi connectivity index (χ4v) is 3.41. The van der Waals surface area contributed by atoms with Crippen LogP contribution in [0.4, 0.5) is 8.78 Å². The molecule has 0 bridgehead atoms. The topological polar surface area (TPSA) is 58.1 Å². The summed E-state index contributed by atoms with van der Waals surface area (Å²) >= 11 is 0. The number of alkyl halides is 2. The third kappa shape index (κ3) is 9.63. The van der Waals surface area contributed by atoms with E-state index in [-0.39, 0.29) is 29.7 Å². The van der Waals surface area contributed by atoms with E-state index in [0.717, 1.165) is 37.0 Å². The number of piperidine rings is 1. The second-order valence-corrected chi connectivity index (χ2v) is 7.42. The van der Waals surface area contributed by atoms with Gasteiger partial charge in [-0.15, -0.1) is 24.0 Å². The molecule has 0 spiro atoms. The molecule has 0 aromatic heterocycles. The van der Waals surface area contributed by atoms with Crippen molar-refractivity contribution in [3.8, 4) is 11.5 Å². The van der Waals surface area contributed by atoms with E-state index in [0.29, 0.717) is 18.7 Å². The number of nitrogens with one attached hydrogen (secondary N) is 2. The lowest BCUT2D eigenvalue weighted by atomic mass is 9.99. The maximum absolute atomic E-state index is 12.5. The van der Waals surface area contributed by atoms with E-state index in [9.17, 15) is 8.78 Å². The summed E-state index contributed by atoms with van der Waals surface area (Å²) in [4.78, 5) is 6.76. The maximum atomic E-state index is 12.5. The fraction of sp³-hybridized carbons (Fsp3) is 0.667. The van der Waals surface area contributed by atoms with E-state index in [1.807, 2.05) is 6.07 Å². The van der Waals surface area contributed by atoms with Crippen LogP contribution in [0.1, 0.15) is 31.7 Å². The van der Waals surface area contributed by atoms with Gasteiger partial charge in [0.2, 0.25) is 0 Å². The Morgan fingerprint density at radius 3 is 2.53 bits per heavy atom. The molecule has 1 aromatic carbocycles. The molecule has 0 amide bonds. The Morgan fingerprint density at radius 2 is 1.90 bits per heavy atom. The van der Waals surface area contributed by atoms with Crippen LogP contribution in [0, 0.1) is 5.92 Å². The minimum absolute atomic E-state index is 0. The number of guanidine groups is 1. The summed E-state index contributed by atoms with van der Waals surface area (Å²) in [6.07, 6.45) is 4.32. The number of hydrogen-bond acceptors (Lipinski definition) is 4. The first kappa shape index (κ1) is 26.7. The number of halogens is 3. The number of hydrogen-bond donors (Lipinski definition) is 2. The highest BCUT2D eigenvalue weighted by molar-refractivity contribution is 14.0. The normalized spacial score (nSPS) is 15.6. The van der Waals surface area contributed by atoms with Crippen LogP contribution in [0.3, 0.4) is 0 Å². The van der Waals surface area contributed by atoms with Gasteiger partial charge in [0.25, 0.3) is 0 Å². The van der Waals surface area contributed by atoms with Gasteiger partial charge in [0.15, 0.2) is 17.5 Å². The van der Waals surface area contributed by atoms with Gasteiger partial charge in [-0.1, -0.05) is 13.0 Å². The lowest BCUT2D eigenvalue weighted by Gasteiger charge is -2.30. The van der Waals surface area contributed by atoms with E-state index in [1.54, 1.807) is 19.2 Å². The number of methoxy groups -OCH3 is 1. The van der Waals surface area contributed by atoms with Crippen LogP contribution in [0.5, 0.6) is 11.5 Å². The predicted octanol–water partition coefficient (Wildman–Crippen LogP) is 3.74. The summed E-state index contributed by atoms with van der Waals surface area (Å²) in [5.74, 6) is 1.95. The summed E-state index contributed by atoms with van der Waals surface area (Å²) < 4.78 is 34.7. The first-order valence-corrected chi connectivity index (χ1v) is 10.3. The standard InChI is InChI=1S/C21H34F2N4O2.HI/c1-16-8-13-27(14-9-16)12-4-10-25-21(24-2)26-11-7-17-5-6-18(28-3)19(15-17)29-20(22)23;/h5-6,15-16,20H,4,7-14H2,1-3H3,(H2,24,25,26);1H. The summed E-state index contributed by atoms with van der Waals surface area (Å²) in [5, 5.41) is 6.58. The molecular formula is C21H35F2IN4O2. The van der Waals surface area contributed by atoms with E-state index in [1.165, 1.54) is 33.0 Å². The zero-order valence-electron chi connectivity index (χ0n) is 18.1. The zero-order valence-corrected chi connectivity index (χ0v) is 20.5. The van der Waals surface area contributed by atoms with Gasteiger partial charge in [-0.2, -0.15) is 8.78 Å². The Bertz CT molecular complexity index is 641. The molecule has 0 atom stereocenters. The first-order chi connectivity index (χ1) is 14.0. The van der Waals surface area contributed by atoms with Gasteiger partial charge in [0.1, 0.15) is 0 Å². The van der Waals surface area contributed by atoms with Crippen molar-refractivity contribution in [2.45, 2.75) is 39.2 Å². The van der Waals surface area contributed by atoms with Gasteiger partial charge in [-0.3, -0.25) is 4.99 Å². The van der Waals surface area contributed by atoms with Crippen molar-refractivity contribution in [1.29, 1.82) is 0 Å². The molecule has 6 nitrogen and oxygen atoms in total. The van der Waals surface area contributed by atoms with Crippen LogP contribution >= 0.6 is 24.0 Å². The average Bonchev–Trinajstić information content (AvgIpc) is 2.71. The molecule has 0 saturated carbocycles. The molecule has 2 rings (SSSR count). The second-order valence-electron chi connectivity index (χ2n) is 7.42. The fourth-order valence-electron chi connectivity index (χ4n) is 3.41. The van der Waals surface area contributed by atoms with Crippen LogP contribution in [-0.4, -0.2) is 64.4 Å². The molecule has 2 N–H and O–H groups in total. The maximum Gasteiger partial charge on any atom is 0.387 e. The molecule has 1 aliphatic heterocycles. The van der Waals surface area contributed by atoms with Gasteiger partial charge >= 0.3 is 6.61 Å². The molecule has 1 aromatic rings. The number of aliphatic imine (C=N–C) groups is 1. The minimum atomic E-state index is -2.88. The Labute approximate surface area is 195 Å². The van der Waals surface area contributed by atoms with Crippen molar-refractivity contribution in [3.63, 3.8) is 0 Å². The first-order valence-electron chi connectivity index (χ1n) is 10.3. The van der Waals surface area contributed by atoms with Crippen LogP contribution in [-0.2, 0) is 6.42 Å². The summed E-state index contributed by atoms with van der Waals surface area (Å²) in [5.41, 5.74) is 0.878. The van der Waals surface area contributed by atoms with Gasteiger partial charge < -0.3 is 25.0 Å². The number of likely N-dealkylation sites (tertiary alicyclic amines) is 1. The van der Waals surface area contributed by atoms with Gasteiger partial charge in [0.05, 0.1) is 7.11 Å². The molecule has 0 aliphatic carbocycles. The number of benzene rings is 1. The summed E-state index contributed by atoms with van der Waals surface area (Å²) in [6, 6.07) is 5.07. The number of ether oxygens (including phenoxy) is 2. The SMILES string of the molecule is CN=C(NCCCN1CCC(C)CC1)NCCc1ccc(OC)c(OC(F)F)c1.I. The molecular weight excluding hydrogens is 505 g/mol. The van der Waals surface area contributed by atoms with Crippen LogP contribution in [0.15, 0.2) is 23.2 Å². The molecule has 1 heterocycles. The second kappa shape index (κ2) is 14.6. The predicted molar refractivity (Wildman–Crippen MR) is 128 cm³/mol. The zero-order chi connectivity index (χ0) is 21.1. The van der Waals surface area contributed by atoms with Gasteiger partial charge in [0, 0.05) is 20.1 Å². The van der Waals surface area contributed by atoms with Gasteiger partial charge in [-0.05, 0) is 68.9 Å². The summed E-state index contributed by atoms with van der Waals surface area (Å²) in [6.45, 7) is 4.45.